The molecule has 7 nitrogen and oxygen atoms in total. The maximum absolute atomic E-state index is 14.1. The van der Waals surface area contributed by atoms with Gasteiger partial charge in [0.1, 0.15) is 17.1 Å². The van der Waals surface area contributed by atoms with E-state index in [1.165, 1.54) is 16.8 Å². The summed E-state index contributed by atoms with van der Waals surface area (Å²) in [6, 6.07) is 13.3. The minimum atomic E-state index is -0.588. The van der Waals surface area contributed by atoms with Crippen LogP contribution in [0.2, 0.25) is 0 Å². The van der Waals surface area contributed by atoms with Gasteiger partial charge in [-0.15, -0.1) is 0 Å². The second-order valence-corrected chi connectivity index (χ2v) is 9.10. The number of carbonyl (C=O) groups excluding carboxylic acids is 2. The maximum atomic E-state index is 14.1. The quantitative estimate of drug-likeness (QED) is 0.491. The molecular formula is C23H24BrFN4O3. The van der Waals surface area contributed by atoms with E-state index in [2.05, 4.69) is 31.7 Å². The first-order chi connectivity index (χ1) is 15.0. The van der Waals surface area contributed by atoms with Crippen LogP contribution in [0.15, 0.2) is 53.0 Å². The van der Waals surface area contributed by atoms with Gasteiger partial charge in [0.15, 0.2) is 0 Å². The fourth-order valence-corrected chi connectivity index (χ4v) is 3.25. The number of hydrogen-bond acceptors (Lipinski definition) is 4. The van der Waals surface area contributed by atoms with Gasteiger partial charge in [0.2, 0.25) is 0 Å². The fraction of sp³-hybridized carbons (Fsp3) is 0.261. The smallest absolute Gasteiger partial charge is 0.407 e. The number of hydrogen-bond donors (Lipinski definition) is 2. The van der Waals surface area contributed by atoms with Crippen molar-refractivity contribution in [3.8, 4) is 5.69 Å². The fourth-order valence-electron chi connectivity index (χ4n) is 2.92. The van der Waals surface area contributed by atoms with Gasteiger partial charge >= 0.3 is 6.09 Å². The Balaban J connectivity index is 1.80. The molecule has 0 bridgehead atoms. The van der Waals surface area contributed by atoms with Crippen molar-refractivity contribution in [2.45, 2.75) is 39.8 Å². The van der Waals surface area contributed by atoms with Crippen molar-refractivity contribution < 1.29 is 18.7 Å². The summed E-state index contributed by atoms with van der Waals surface area (Å²) in [6.07, 6.45) is -0.519. The van der Waals surface area contributed by atoms with Crippen LogP contribution in [-0.4, -0.2) is 27.4 Å². The first kappa shape index (κ1) is 23.5. The Hall–Kier alpha value is -3.20. The Labute approximate surface area is 194 Å². The van der Waals surface area contributed by atoms with Gasteiger partial charge in [0, 0.05) is 11.0 Å². The molecule has 3 aromatic rings. The third kappa shape index (κ3) is 6.16. The summed E-state index contributed by atoms with van der Waals surface area (Å²) in [5.74, 6) is -1.05. The second kappa shape index (κ2) is 9.52. The van der Waals surface area contributed by atoms with E-state index in [9.17, 15) is 14.0 Å². The van der Waals surface area contributed by atoms with Crippen LogP contribution in [0, 0.1) is 12.7 Å². The van der Waals surface area contributed by atoms with Gasteiger partial charge < -0.3 is 15.4 Å². The summed E-state index contributed by atoms with van der Waals surface area (Å²) in [5, 5.41) is 9.70. The van der Waals surface area contributed by atoms with Gasteiger partial charge in [0.05, 0.1) is 17.1 Å². The van der Waals surface area contributed by atoms with Gasteiger partial charge in [-0.2, -0.15) is 5.10 Å². The molecule has 2 aromatic carbocycles. The number of rotatable bonds is 5. The highest BCUT2D eigenvalue weighted by atomic mass is 79.9. The Bertz CT molecular complexity index is 1150. The minimum absolute atomic E-state index is 0.0684. The SMILES string of the molecule is Cc1cc(C(=O)Nc2ccc(Br)cc2F)n(-c2cccc(CNC(=O)OC(C)(C)C)c2)n1. The second-order valence-electron chi connectivity index (χ2n) is 8.19. The number of benzene rings is 2. The summed E-state index contributed by atoms with van der Waals surface area (Å²) >= 11 is 3.19. The number of anilines is 1. The monoisotopic (exact) mass is 502 g/mol. The van der Waals surface area contributed by atoms with Crippen molar-refractivity contribution in [1.29, 1.82) is 0 Å². The standard InChI is InChI=1S/C23H24BrFN4O3/c1-14-10-20(21(30)27-19-9-8-16(24)12-18(19)25)29(28-14)17-7-5-6-15(11-17)13-26-22(31)32-23(2,3)4/h5-12H,13H2,1-4H3,(H,26,31)(H,27,30). The summed E-state index contributed by atoms with van der Waals surface area (Å²) < 4.78 is 21.5. The largest absolute Gasteiger partial charge is 0.444 e. The van der Waals surface area contributed by atoms with Crippen LogP contribution in [0.4, 0.5) is 14.9 Å². The molecule has 168 valence electrons. The van der Waals surface area contributed by atoms with E-state index >= 15 is 0 Å². The molecule has 0 unspecified atom stereocenters. The molecule has 0 aliphatic carbocycles. The predicted octanol–water partition coefficient (Wildman–Crippen LogP) is 5.36. The molecule has 0 saturated carbocycles. The molecule has 1 aromatic heterocycles. The van der Waals surface area contributed by atoms with E-state index in [1.54, 1.807) is 58.0 Å². The highest BCUT2D eigenvalue weighted by Crippen LogP contribution is 2.21. The number of nitrogens with zero attached hydrogens (tertiary/aromatic N) is 2. The van der Waals surface area contributed by atoms with Crippen LogP contribution < -0.4 is 10.6 Å². The molecule has 0 aliphatic rings. The Morgan fingerprint density at radius 3 is 2.59 bits per heavy atom. The molecule has 2 N–H and O–H groups in total. The van der Waals surface area contributed by atoms with E-state index in [0.717, 1.165) is 5.56 Å². The van der Waals surface area contributed by atoms with Crippen LogP contribution in [0.1, 0.15) is 42.5 Å². The van der Waals surface area contributed by atoms with Crippen molar-refractivity contribution in [1.82, 2.24) is 15.1 Å². The van der Waals surface area contributed by atoms with Crippen LogP contribution >= 0.6 is 15.9 Å². The van der Waals surface area contributed by atoms with Gasteiger partial charge in [-0.25, -0.2) is 13.9 Å². The molecule has 2 amide bonds. The van der Waals surface area contributed by atoms with Gasteiger partial charge in [-0.1, -0.05) is 28.1 Å². The lowest BCUT2D eigenvalue weighted by atomic mass is 10.2. The highest BCUT2D eigenvalue weighted by Gasteiger charge is 2.18. The molecule has 9 heteroatoms. The zero-order valence-corrected chi connectivity index (χ0v) is 19.8. The van der Waals surface area contributed by atoms with Crippen LogP contribution in [0.3, 0.4) is 0 Å². The van der Waals surface area contributed by atoms with Crippen LogP contribution in [0.25, 0.3) is 5.69 Å². The Morgan fingerprint density at radius 1 is 1.16 bits per heavy atom. The Morgan fingerprint density at radius 2 is 1.91 bits per heavy atom. The molecule has 0 fully saturated rings. The highest BCUT2D eigenvalue weighted by molar-refractivity contribution is 9.10. The van der Waals surface area contributed by atoms with Crippen LogP contribution in [0.5, 0.6) is 0 Å². The summed E-state index contributed by atoms with van der Waals surface area (Å²) in [6.45, 7) is 7.38. The molecule has 32 heavy (non-hydrogen) atoms. The van der Waals surface area contributed by atoms with Crippen molar-refractivity contribution in [2.24, 2.45) is 0 Å². The number of ether oxygens (including phenoxy) is 1. The van der Waals surface area contributed by atoms with E-state index < -0.39 is 23.4 Å². The van der Waals surface area contributed by atoms with Crippen molar-refractivity contribution in [3.63, 3.8) is 0 Å². The normalized spacial score (nSPS) is 11.2. The maximum Gasteiger partial charge on any atom is 0.407 e. The molecular weight excluding hydrogens is 479 g/mol. The molecule has 0 radical (unpaired) electrons. The van der Waals surface area contributed by atoms with E-state index in [-0.39, 0.29) is 17.9 Å². The molecule has 0 saturated heterocycles. The minimum Gasteiger partial charge on any atom is -0.444 e. The average molecular weight is 503 g/mol. The third-order valence-corrected chi connectivity index (χ3v) is 4.73. The van der Waals surface area contributed by atoms with E-state index in [0.29, 0.717) is 15.9 Å². The number of halogens is 2. The third-order valence-electron chi connectivity index (χ3n) is 4.23. The lowest BCUT2D eigenvalue weighted by Gasteiger charge is -2.19. The summed E-state index contributed by atoms with van der Waals surface area (Å²) in [4.78, 5) is 24.8. The van der Waals surface area contributed by atoms with Crippen LogP contribution in [-0.2, 0) is 11.3 Å². The first-order valence-corrected chi connectivity index (χ1v) is 10.7. The number of aryl methyl sites for hydroxylation is 1. The average Bonchev–Trinajstić information content (AvgIpc) is 3.09. The number of amides is 2. The van der Waals surface area contributed by atoms with Gasteiger partial charge in [0.25, 0.3) is 5.91 Å². The van der Waals surface area contributed by atoms with E-state index in [1.807, 2.05) is 6.07 Å². The zero-order chi connectivity index (χ0) is 23.5. The number of carbonyl (C=O) groups is 2. The topological polar surface area (TPSA) is 85.2 Å². The lowest BCUT2D eigenvalue weighted by Crippen LogP contribution is -2.32. The number of alkyl carbamates (subject to hydrolysis) is 1. The number of aromatic nitrogens is 2. The van der Waals surface area contributed by atoms with Gasteiger partial charge in [-0.05, 0) is 69.7 Å². The lowest BCUT2D eigenvalue weighted by molar-refractivity contribution is 0.0523. The molecule has 3 rings (SSSR count). The summed E-state index contributed by atoms with van der Waals surface area (Å²) in [7, 11) is 0. The first-order valence-electron chi connectivity index (χ1n) is 9.91. The summed E-state index contributed by atoms with van der Waals surface area (Å²) in [5.41, 5.74) is 1.79. The van der Waals surface area contributed by atoms with Gasteiger partial charge in [-0.3, -0.25) is 4.79 Å². The van der Waals surface area contributed by atoms with Crippen molar-refractivity contribution in [2.75, 3.05) is 5.32 Å². The molecule has 1 heterocycles. The molecule has 0 spiro atoms. The predicted molar refractivity (Wildman–Crippen MR) is 123 cm³/mol. The van der Waals surface area contributed by atoms with Crippen molar-refractivity contribution >= 4 is 33.6 Å². The number of nitrogens with one attached hydrogen (secondary N) is 2. The van der Waals surface area contributed by atoms with Crippen molar-refractivity contribution in [3.05, 3.63) is 75.8 Å². The Kier molecular flexibility index (Phi) is 6.98. The zero-order valence-electron chi connectivity index (χ0n) is 18.2. The molecule has 0 aliphatic heterocycles. The molecule has 0 atom stereocenters. The van der Waals surface area contributed by atoms with E-state index in [4.69, 9.17) is 4.74 Å².